The van der Waals surface area contributed by atoms with Crippen LogP contribution in [0.2, 0.25) is 0 Å². The van der Waals surface area contributed by atoms with Gasteiger partial charge >= 0.3 is 5.97 Å². The zero-order chi connectivity index (χ0) is 24.9. The Bertz CT molecular complexity index is 1080. The molecule has 0 radical (unpaired) electrons. The summed E-state index contributed by atoms with van der Waals surface area (Å²) in [6.45, 7) is 6.79. The molecular formula is C27H36N2O5. The lowest BCUT2D eigenvalue weighted by atomic mass is 9.80. The number of carboxylic acid groups (broad SMARTS) is 1. The zero-order valence-corrected chi connectivity index (χ0v) is 20.7. The van der Waals surface area contributed by atoms with Gasteiger partial charge in [-0.3, -0.25) is 9.59 Å². The first-order valence-corrected chi connectivity index (χ1v) is 12.2. The van der Waals surface area contributed by atoms with Crippen molar-refractivity contribution in [1.82, 2.24) is 9.47 Å². The summed E-state index contributed by atoms with van der Waals surface area (Å²) in [6, 6.07) is 9.23. The molecule has 7 nitrogen and oxygen atoms in total. The van der Waals surface area contributed by atoms with Gasteiger partial charge in [0.2, 0.25) is 0 Å². The van der Waals surface area contributed by atoms with Gasteiger partial charge in [0.15, 0.2) is 0 Å². The second kappa shape index (κ2) is 10.9. The molecule has 184 valence electrons. The van der Waals surface area contributed by atoms with Crippen molar-refractivity contribution in [3.05, 3.63) is 63.1 Å². The summed E-state index contributed by atoms with van der Waals surface area (Å²) in [4.78, 5) is 40.7. The fraction of sp³-hybridized carbons (Fsp3) is 0.519. The van der Waals surface area contributed by atoms with Gasteiger partial charge in [-0.05, 0) is 62.4 Å². The van der Waals surface area contributed by atoms with Crippen LogP contribution < -0.4 is 10.3 Å². The number of aliphatic carboxylic acids is 1. The van der Waals surface area contributed by atoms with Crippen LogP contribution in [0.15, 0.2) is 35.1 Å². The number of carbonyl (C=O) groups is 2. The van der Waals surface area contributed by atoms with E-state index >= 15 is 0 Å². The van der Waals surface area contributed by atoms with E-state index in [1.54, 1.807) is 10.6 Å². The molecule has 1 amide bonds. The first-order chi connectivity index (χ1) is 16.2. The van der Waals surface area contributed by atoms with Crippen LogP contribution in [-0.4, -0.2) is 45.6 Å². The molecule has 0 spiro atoms. The predicted octanol–water partition coefficient (Wildman–Crippen LogP) is 4.42. The van der Waals surface area contributed by atoms with Crippen LogP contribution in [-0.2, 0) is 17.8 Å². The van der Waals surface area contributed by atoms with E-state index in [0.29, 0.717) is 32.4 Å². The van der Waals surface area contributed by atoms with Crippen molar-refractivity contribution in [2.75, 3.05) is 13.7 Å². The fourth-order valence-corrected chi connectivity index (χ4v) is 4.98. The lowest BCUT2D eigenvalue weighted by molar-refractivity contribution is -0.151. The van der Waals surface area contributed by atoms with Gasteiger partial charge < -0.3 is 19.3 Å². The number of hydrogen-bond acceptors (Lipinski definition) is 4. The van der Waals surface area contributed by atoms with Crippen molar-refractivity contribution in [1.29, 1.82) is 0 Å². The first kappa shape index (κ1) is 25.5. The zero-order valence-electron chi connectivity index (χ0n) is 20.7. The van der Waals surface area contributed by atoms with E-state index in [9.17, 15) is 19.5 Å². The maximum Gasteiger partial charge on any atom is 0.329 e. The maximum atomic E-state index is 13.6. The molecule has 0 unspecified atom stereocenters. The lowest BCUT2D eigenvalue weighted by Gasteiger charge is -2.41. The molecule has 0 atom stereocenters. The van der Waals surface area contributed by atoms with Gasteiger partial charge in [-0.1, -0.05) is 44.7 Å². The van der Waals surface area contributed by atoms with Gasteiger partial charge in [0.05, 0.1) is 13.2 Å². The minimum atomic E-state index is -1.27. The number of carbonyl (C=O) groups excluding carboxylic acids is 1. The minimum absolute atomic E-state index is 0.0250. The van der Waals surface area contributed by atoms with Gasteiger partial charge in [0.25, 0.3) is 11.5 Å². The molecule has 7 heteroatoms. The first-order valence-electron chi connectivity index (χ1n) is 12.2. The Morgan fingerprint density at radius 1 is 1.12 bits per heavy atom. The predicted molar refractivity (Wildman–Crippen MR) is 132 cm³/mol. The standard InChI is InChI=1S/C27H36N2O5/c1-5-10-23-19(3)17-22(24(30)28(4)27(26(32)33)15-8-7-9-16-27)25(31)29(23)18-20-11-13-21(14-12-20)34-6-2/h11-14,17H,5-10,15-16,18H2,1-4H3,(H,32,33). The van der Waals surface area contributed by atoms with Crippen LogP contribution in [0.3, 0.4) is 0 Å². The average Bonchev–Trinajstić information content (AvgIpc) is 2.84. The second-order valence-electron chi connectivity index (χ2n) is 9.17. The lowest BCUT2D eigenvalue weighted by Crippen LogP contribution is -2.57. The van der Waals surface area contributed by atoms with E-state index in [2.05, 4.69) is 6.92 Å². The van der Waals surface area contributed by atoms with E-state index in [1.807, 2.05) is 38.1 Å². The van der Waals surface area contributed by atoms with Gasteiger partial charge in [0, 0.05) is 12.7 Å². The highest BCUT2D eigenvalue weighted by Gasteiger charge is 2.46. The highest BCUT2D eigenvalue weighted by Crippen LogP contribution is 2.34. The number of ether oxygens (including phenoxy) is 1. The largest absolute Gasteiger partial charge is 0.494 e. The van der Waals surface area contributed by atoms with Crippen LogP contribution in [0.5, 0.6) is 5.75 Å². The van der Waals surface area contributed by atoms with Gasteiger partial charge in [-0.15, -0.1) is 0 Å². The Morgan fingerprint density at radius 2 is 1.76 bits per heavy atom. The highest BCUT2D eigenvalue weighted by atomic mass is 16.5. The van der Waals surface area contributed by atoms with Crippen LogP contribution in [0.4, 0.5) is 0 Å². The van der Waals surface area contributed by atoms with Gasteiger partial charge in [0.1, 0.15) is 16.9 Å². The smallest absolute Gasteiger partial charge is 0.329 e. The van der Waals surface area contributed by atoms with E-state index in [-0.39, 0.29) is 11.1 Å². The Labute approximate surface area is 201 Å². The molecule has 0 bridgehead atoms. The van der Waals surface area contributed by atoms with Crippen molar-refractivity contribution in [3.8, 4) is 5.75 Å². The number of benzene rings is 1. The number of hydrogen-bond donors (Lipinski definition) is 1. The molecule has 1 aromatic heterocycles. The number of pyridine rings is 1. The molecule has 0 aliphatic heterocycles. The number of rotatable bonds is 9. The Hall–Kier alpha value is -3.09. The highest BCUT2D eigenvalue weighted by molar-refractivity contribution is 5.97. The third kappa shape index (κ3) is 5.03. The fourth-order valence-electron chi connectivity index (χ4n) is 4.98. The number of nitrogens with zero attached hydrogens (tertiary/aromatic N) is 2. The van der Waals surface area contributed by atoms with Crippen molar-refractivity contribution in [2.24, 2.45) is 0 Å². The maximum absolute atomic E-state index is 13.6. The van der Waals surface area contributed by atoms with Gasteiger partial charge in [-0.2, -0.15) is 0 Å². The summed E-state index contributed by atoms with van der Waals surface area (Å²) < 4.78 is 7.18. The number of likely N-dealkylation sites (N-methyl/N-ethyl adjacent to an activating group) is 1. The van der Waals surface area contributed by atoms with Crippen LogP contribution in [0.25, 0.3) is 0 Å². The summed E-state index contributed by atoms with van der Waals surface area (Å²) in [7, 11) is 1.52. The summed E-state index contributed by atoms with van der Waals surface area (Å²) >= 11 is 0. The van der Waals surface area contributed by atoms with E-state index in [0.717, 1.165) is 48.3 Å². The number of aryl methyl sites for hydroxylation is 1. The normalized spacial score (nSPS) is 15.1. The SMILES string of the molecule is CCCc1c(C)cc(C(=O)N(C)C2(C(=O)O)CCCCC2)c(=O)n1Cc1ccc(OCC)cc1. The molecule has 1 fully saturated rings. The second-order valence-corrected chi connectivity index (χ2v) is 9.17. The number of aromatic nitrogens is 1. The summed E-state index contributed by atoms with van der Waals surface area (Å²) in [5.41, 5.74) is 1.06. The Morgan fingerprint density at radius 3 is 2.32 bits per heavy atom. The molecular weight excluding hydrogens is 432 g/mol. The summed E-state index contributed by atoms with van der Waals surface area (Å²) in [5, 5.41) is 10.0. The topological polar surface area (TPSA) is 88.8 Å². The van der Waals surface area contributed by atoms with Crippen molar-refractivity contribution < 1.29 is 19.4 Å². The summed E-state index contributed by atoms with van der Waals surface area (Å²) in [6.07, 6.45) is 4.83. The van der Waals surface area contributed by atoms with Crippen LogP contribution in [0.1, 0.15) is 79.6 Å². The Kier molecular flexibility index (Phi) is 8.18. The van der Waals surface area contributed by atoms with E-state index < -0.39 is 17.4 Å². The molecule has 0 saturated heterocycles. The van der Waals surface area contributed by atoms with E-state index in [4.69, 9.17) is 4.74 Å². The molecule has 1 saturated carbocycles. The van der Waals surface area contributed by atoms with Gasteiger partial charge in [-0.25, -0.2) is 4.79 Å². The Balaban J connectivity index is 2.03. The molecule has 34 heavy (non-hydrogen) atoms. The number of carboxylic acids is 1. The molecule has 2 aromatic rings. The average molecular weight is 469 g/mol. The van der Waals surface area contributed by atoms with Crippen LogP contribution >= 0.6 is 0 Å². The summed E-state index contributed by atoms with van der Waals surface area (Å²) in [5.74, 6) is -0.765. The molecule has 1 aliphatic rings. The van der Waals surface area contributed by atoms with E-state index in [1.165, 1.54) is 11.9 Å². The van der Waals surface area contributed by atoms with Crippen molar-refractivity contribution in [3.63, 3.8) is 0 Å². The van der Waals surface area contributed by atoms with Crippen molar-refractivity contribution >= 4 is 11.9 Å². The third-order valence-electron chi connectivity index (χ3n) is 6.94. The molecule has 1 aromatic carbocycles. The molecule has 3 rings (SSSR count). The third-order valence-corrected chi connectivity index (χ3v) is 6.94. The quantitative estimate of drug-likeness (QED) is 0.589. The molecule has 1 heterocycles. The minimum Gasteiger partial charge on any atom is -0.494 e. The van der Waals surface area contributed by atoms with Crippen LogP contribution in [0, 0.1) is 6.92 Å². The molecule has 1 aliphatic carbocycles. The monoisotopic (exact) mass is 468 g/mol. The number of amides is 1. The molecule has 1 N–H and O–H groups in total. The van der Waals surface area contributed by atoms with Crippen molar-refractivity contribution in [2.45, 2.75) is 77.8 Å².